The summed E-state index contributed by atoms with van der Waals surface area (Å²) in [5, 5.41) is 0. The highest BCUT2D eigenvalue weighted by Crippen LogP contribution is 2.24. The van der Waals surface area contributed by atoms with Gasteiger partial charge in [-0.1, -0.05) is 0 Å². The van der Waals surface area contributed by atoms with Gasteiger partial charge in [0.15, 0.2) is 0 Å². The summed E-state index contributed by atoms with van der Waals surface area (Å²) in [6.07, 6.45) is -2.61. The Labute approximate surface area is 112 Å². The topological polar surface area (TPSA) is 39.2 Å². The molecule has 0 aliphatic carbocycles. The highest BCUT2D eigenvalue weighted by atomic mass is 127. The van der Waals surface area contributed by atoms with Crippen LogP contribution in [0.5, 0.6) is 0 Å². The summed E-state index contributed by atoms with van der Waals surface area (Å²) in [5.74, 6) is -0.434. The van der Waals surface area contributed by atoms with Crippen LogP contribution in [0.2, 0.25) is 0 Å². The van der Waals surface area contributed by atoms with Crippen molar-refractivity contribution in [1.82, 2.24) is 4.98 Å². The molecule has 0 saturated carbocycles. The van der Waals surface area contributed by atoms with Crippen LogP contribution < -0.4 is 0 Å². The van der Waals surface area contributed by atoms with Crippen molar-refractivity contribution in [3.8, 4) is 0 Å². The quantitative estimate of drug-likeness (QED) is 0.474. The summed E-state index contributed by atoms with van der Waals surface area (Å²) in [4.78, 5) is 15.3. The van der Waals surface area contributed by atoms with Crippen LogP contribution >= 0.6 is 22.6 Å². The molecule has 0 bridgehead atoms. The van der Waals surface area contributed by atoms with Crippen LogP contribution in [0.3, 0.4) is 0 Å². The van der Waals surface area contributed by atoms with E-state index in [9.17, 15) is 13.6 Å². The highest BCUT2D eigenvalue weighted by Gasteiger charge is 2.16. The Morgan fingerprint density at radius 1 is 1.59 bits per heavy atom. The molecule has 0 aliphatic heterocycles. The van der Waals surface area contributed by atoms with Gasteiger partial charge in [-0.05, 0) is 48.1 Å². The van der Waals surface area contributed by atoms with E-state index in [1.165, 1.54) is 13.0 Å². The number of halogens is 3. The second kappa shape index (κ2) is 6.23. The number of nitrogens with zero attached hydrogens (tertiary/aromatic N) is 1. The Morgan fingerprint density at radius 2 is 2.24 bits per heavy atom. The predicted octanol–water partition coefficient (Wildman–Crippen LogP) is 3.04. The molecule has 0 radical (unpaired) electrons. The third kappa shape index (κ3) is 3.86. The summed E-state index contributed by atoms with van der Waals surface area (Å²) in [5.41, 5.74) is 0.631. The van der Waals surface area contributed by atoms with Crippen molar-refractivity contribution < 1.29 is 18.3 Å². The van der Waals surface area contributed by atoms with E-state index in [1.807, 2.05) is 22.6 Å². The highest BCUT2D eigenvalue weighted by molar-refractivity contribution is 14.1. The van der Waals surface area contributed by atoms with Crippen LogP contribution in [0.1, 0.15) is 30.2 Å². The van der Waals surface area contributed by atoms with Gasteiger partial charge in [0.25, 0.3) is 6.43 Å². The van der Waals surface area contributed by atoms with Gasteiger partial charge in [-0.25, -0.2) is 13.8 Å². The van der Waals surface area contributed by atoms with Crippen molar-refractivity contribution in [2.24, 2.45) is 0 Å². The van der Waals surface area contributed by atoms with E-state index in [4.69, 9.17) is 4.74 Å². The zero-order valence-corrected chi connectivity index (χ0v) is 11.6. The molecule has 0 atom stereocenters. The molecule has 6 heteroatoms. The Kier molecular flexibility index (Phi) is 5.23. The third-order valence-corrected chi connectivity index (χ3v) is 3.09. The molecule has 0 N–H and O–H groups in total. The molecule has 0 fully saturated rings. The minimum Gasteiger partial charge on any atom is -0.466 e. The van der Waals surface area contributed by atoms with Gasteiger partial charge in [0, 0.05) is 11.3 Å². The lowest BCUT2D eigenvalue weighted by Crippen LogP contribution is -2.10. The van der Waals surface area contributed by atoms with Gasteiger partial charge >= 0.3 is 5.97 Å². The van der Waals surface area contributed by atoms with Gasteiger partial charge in [-0.2, -0.15) is 0 Å². The first-order chi connectivity index (χ1) is 7.95. The molecule has 1 aromatic rings. The summed E-state index contributed by atoms with van der Waals surface area (Å²) in [6.45, 7) is 3.50. The summed E-state index contributed by atoms with van der Waals surface area (Å²) in [7, 11) is 0. The molecular weight excluding hydrogens is 343 g/mol. The van der Waals surface area contributed by atoms with E-state index < -0.39 is 12.4 Å². The fraction of sp³-hybridized carbons (Fsp3) is 0.455. The fourth-order valence-corrected chi connectivity index (χ4v) is 2.06. The van der Waals surface area contributed by atoms with Crippen molar-refractivity contribution in [3.05, 3.63) is 26.6 Å². The van der Waals surface area contributed by atoms with Crippen LogP contribution in [0.4, 0.5) is 8.78 Å². The third-order valence-electron chi connectivity index (χ3n) is 2.15. The molecule has 0 aromatic carbocycles. The van der Waals surface area contributed by atoms with Crippen LogP contribution in [0.25, 0.3) is 0 Å². The number of esters is 1. The second-order valence-corrected chi connectivity index (χ2v) is 4.42. The molecule has 1 aromatic heterocycles. The monoisotopic (exact) mass is 355 g/mol. The maximum absolute atomic E-state index is 12.7. The summed E-state index contributed by atoms with van der Waals surface area (Å²) >= 11 is 1.92. The van der Waals surface area contributed by atoms with Gasteiger partial charge in [-0.3, -0.25) is 4.79 Å². The average Bonchev–Trinajstić information content (AvgIpc) is 2.21. The first kappa shape index (κ1) is 14.3. The predicted molar refractivity (Wildman–Crippen MR) is 67.0 cm³/mol. The number of carbonyl (C=O) groups excluding carboxylic acids is 1. The number of hydrogen-bond donors (Lipinski definition) is 0. The molecule has 0 unspecified atom stereocenters. The molecule has 0 amide bonds. The van der Waals surface area contributed by atoms with Gasteiger partial charge in [0.2, 0.25) is 0 Å². The molecule has 0 aliphatic rings. The molecular formula is C11H12F2INO2. The molecule has 17 heavy (non-hydrogen) atoms. The van der Waals surface area contributed by atoms with Crippen LogP contribution in [0.15, 0.2) is 6.07 Å². The molecule has 1 rings (SSSR count). The Morgan fingerprint density at radius 3 is 2.76 bits per heavy atom. The Balaban J connectivity index is 2.99. The lowest BCUT2D eigenvalue weighted by Gasteiger charge is -2.09. The van der Waals surface area contributed by atoms with Crippen molar-refractivity contribution in [2.45, 2.75) is 26.7 Å². The minimum atomic E-state index is -2.58. The number of alkyl halides is 2. The number of carbonyl (C=O) groups is 1. The maximum atomic E-state index is 12.7. The maximum Gasteiger partial charge on any atom is 0.310 e. The lowest BCUT2D eigenvalue weighted by atomic mass is 10.1. The summed E-state index contributed by atoms with van der Waals surface area (Å²) in [6, 6.07) is 1.33. The number of pyridine rings is 1. The fourth-order valence-electron chi connectivity index (χ4n) is 1.35. The normalized spacial score (nSPS) is 10.7. The smallest absolute Gasteiger partial charge is 0.310 e. The largest absolute Gasteiger partial charge is 0.466 e. The van der Waals surface area contributed by atoms with E-state index in [2.05, 4.69) is 4.98 Å². The van der Waals surface area contributed by atoms with Crippen molar-refractivity contribution in [1.29, 1.82) is 0 Å². The van der Waals surface area contributed by atoms with Crippen LogP contribution in [-0.2, 0) is 16.0 Å². The Bertz CT molecular complexity index is 424. The molecule has 0 saturated heterocycles. The minimum absolute atomic E-state index is 0.0287. The zero-order valence-electron chi connectivity index (χ0n) is 9.47. The average molecular weight is 355 g/mol. The first-order valence-electron chi connectivity index (χ1n) is 5.05. The number of rotatable bonds is 4. The van der Waals surface area contributed by atoms with E-state index in [-0.39, 0.29) is 24.3 Å². The Hall–Kier alpha value is -0.790. The number of ether oxygens (including phenoxy) is 1. The van der Waals surface area contributed by atoms with E-state index in [0.29, 0.717) is 9.26 Å². The number of aromatic nitrogens is 1. The van der Waals surface area contributed by atoms with E-state index in [0.717, 1.165) is 0 Å². The standard InChI is InChI=1S/C11H12F2INO2/c1-3-17-9(16)5-7-4-8(10(12)13)6(2)15-11(7)14/h4,10H,3,5H2,1-2H3. The van der Waals surface area contributed by atoms with Crippen molar-refractivity contribution in [2.75, 3.05) is 6.61 Å². The van der Waals surface area contributed by atoms with E-state index >= 15 is 0 Å². The number of aryl methyl sites for hydroxylation is 1. The molecule has 3 nitrogen and oxygen atoms in total. The van der Waals surface area contributed by atoms with Gasteiger partial charge in [-0.15, -0.1) is 0 Å². The second-order valence-electron chi connectivity index (χ2n) is 3.40. The van der Waals surface area contributed by atoms with Crippen molar-refractivity contribution >= 4 is 28.6 Å². The zero-order chi connectivity index (χ0) is 13.0. The van der Waals surface area contributed by atoms with Crippen LogP contribution in [0, 0.1) is 10.6 Å². The summed E-state index contributed by atoms with van der Waals surface area (Å²) < 4.78 is 30.7. The van der Waals surface area contributed by atoms with Crippen molar-refractivity contribution in [3.63, 3.8) is 0 Å². The first-order valence-corrected chi connectivity index (χ1v) is 6.13. The number of hydrogen-bond acceptors (Lipinski definition) is 3. The molecule has 1 heterocycles. The lowest BCUT2D eigenvalue weighted by molar-refractivity contribution is -0.142. The van der Waals surface area contributed by atoms with Crippen LogP contribution in [-0.4, -0.2) is 17.6 Å². The molecule has 94 valence electrons. The van der Waals surface area contributed by atoms with Gasteiger partial charge in [0.1, 0.15) is 3.70 Å². The van der Waals surface area contributed by atoms with Gasteiger partial charge < -0.3 is 4.74 Å². The molecule has 0 spiro atoms. The SMILES string of the molecule is CCOC(=O)Cc1cc(C(F)F)c(C)nc1I. The van der Waals surface area contributed by atoms with Gasteiger partial charge in [0.05, 0.1) is 13.0 Å². The van der Waals surface area contributed by atoms with E-state index in [1.54, 1.807) is 6.92 Å².